The molecule has 1 amide bonds. The molecule has 1 fully saturated rings. The highest BCUT2D eigenvalue weighted by Crippen LogP contribution is 2.24. The lowest BCUT2D eigenvalue weighted by atomic mass is 9.99. The lowest BCUT2D eigenvalue weighted by Gasteiger charge is -2.30. The molecular weight excluding hydrogens is 312 g/mol. The van der Waals surface area contributed by atoms with Crippen LogP contribution in [0.25, 0.3) is 0 Å². The summed E-state index contributed by atoms with van der Waals surface area (Å²) in [7, 11) is -3.57. The van der Waals surface area contributed by atoms with Gasteiger partial charge < -0.3 is 5.73 Å². The maximum Gasteiger partial charge on any atom is 0.243 e. The monoisotopic (exact) mass is 330 g/mol. The Morgan fingerprint density at radius 3 is 2.57 bits per heavy atom. The summed E-state index contributed by atoms with van der Waals surface area (Å²) < 4.78 is 26.5. The fourth-order valence-electron chi connectivity index (χ4n) is 2.48. The number of benzene rings is 1. The van der Waals surface area contributed by atoms with E-state index in [2.05, 4.69) is 0 Å². The molecule has 116 valence electrons. The maximum absolute atomic E-state index is 12.6. The second kappa shape index (κ2) is 6.77. The van der Waals surface area contributed by atoms with Crippen molar-refractivity contribution in [3.8, 4) is 0 Å². The van der Waals surface area contributed by atoms with Crippen LogP contribution >= 0.6 is 11.6 Å². The Morgan fingerprint density at radius 1 is 1.33 bits per heavy atom. The summed E-state index contributed by atoms with van der Waals surface area (Å²) in [6.45, 7) is 0.594. The normalized spacial score (nSPS) is 20.3. The summed E-state index contributed by atoms with van der Waals surface area (Å²) in [6, 6.07) is 6.71. The molecule has 0 saturated carbocycles. The van der Waals surface area contributed by atoms with E-state index >= 15 is 0 Å². The molecule has 0 spiro atoms. The molecule has 1 aromatic carbocycles. The average Bonchev–Trinajstić information content (AvgIpc) is 2.48. The molecule has 1 atom stereocenters. The van der Waals surface area contributed by atoms with Crippen LogP contribution in [0, 0.1) is 5.92 Å². The molecule has 5 nitrogen and oxygen atoms in total. The van der Waals surface area contributed by atoms with Crippen molar-refractivity contribution < 1.29 is 13.2 Å². The Morgan fingerprint density at radius 2 is 2.00 bits per heavy atom. The molecule has 2 rings (SSSR count). The first-order valence-corrected chi connectivity index (χ1v) is 8.87. The second-order valence-corrected chi connectivity index (χ2v) is 7.50. The van der Waals surface area contributed by atoms with Gasteiger partial charge in [0.25, 0.3) is 0 Å². The lowest BCUT2D eigenvalue weighted by Crippen LogP contribution is -2.44. The van der Waals surface area contributed by atoms with Crippen LogP contribution in [0.15, 0.2) is 29.2 Å². The van der Waals surface area contributed by atoms with Crippen LogP contribution in [0.2, 0.25) is 0 Å². The number of nitrogens with zero attached hydrogens (tertiary/aromatic N) is 1. The second-order valence-electron chi connectivity index (χ2n) is 5.19. The molecular formula is C14H19ClN2O3S. The number of alkyl halides is 1. The van der Waals surface area contributed by atoms with Gasteiger partial charge in [0, 0.05) is 19.0 Å². The van der Waals surface area contributed by atoms with Gasteiger partial charge in [-0.1, -0.05) is 12.1 Å². The topological polar surface area (TPSA) is 80.5 Å². The van der Waals surface area contributed by atoms with Crippen molar-refractivity contribution in [2.45, 2.75) is 24.2 Å². The van der Waals surface area contributed by atoms with Crippen molar-refractivity contribution in [1.82, 2.24) is 4.31 Å². The van der Waals surface area contributed by atoms with Crippen molar-refractivity contribution in [3.05, 3.63) is 29.8 Å². The Kier molecular flexibility index (Phi) is 5.24. The number of sulfonamides is 1. The van der Waals surface area contributed by atoms with E-state index in [0.29, 0.717) is 31.7 Å². The quantitative estimate of drug-likeness (QED) is 0.828. The highest BCUT2D eigenvalue weighted by molar-refractivity contribution is 7.89. The number of hydrogen-bond donors (Lipinski definition) is 1. The third-order valence-electron chi connectivity index (χ3n) is 3.73. The van der Waals surface area contributed by atoms with Crippen molar-refractivity contribution >= 4 is 27.5 Å². The van der Waals surface area contributed by atoms with Crippen LogP contribution < -0.4 is 5.73 Å². The van der Waals surface area contributed by atoms with Gasteiger partial charge in [0.2, 0.25) is 15.9 Å². The summed E-state index contributed by atoms with van der Waals surface area (Å²) in [5.74, 6) is -0.338. The Labute approximate surface area is 130 Å². The van der Waals surface area contributed by atoms with E-state index < -0.39 is 21.8 Å². The van der Waals surface area contributed by atoms with Gasteiger partial charge in [0.1, 0.15) is 0 Å². The van der Waals surface area contributed by atoms with Gasteiger partial charge in [-0.25, -0.2) is 8.42 Å². The Bertz CT molecular complexity index is 601. The van der Waals surface area contributed by atoms with Gasteiger partial charge >= 0.3 is 0 Å². The van der Waals surface area contributed by atoms with Gasteiger partial charge in [0.15, 0.2) is 0 Å². The van der Waals surface area contributed by atoms with Gasteiger partial charge in [-0.3, -0.25) is 4.79 Å². The SMILES string of the molecule is NC(=O)C1CCCN(S(=O)(=O)c2ccc(CCCl)cc2)C1. The first kappa shape index (κ1) is 16.3. The summed E-state index contributed by atoms with van der Waals surface area (Å²) in [4.78, 5) is 11.5. The summed E-state index contributed by atoms with van der Waals surface area (Å²) >= 11 is 5.66. The number of aryl methyl sites for hydroxylation is 1. The van der Waals surface area contributed by atoms with E-state index in [0.717, 1.165) is 5.56 Å². The van der Waals surface area contributed by atoms with E-state index in [1.165, 1.54) is 4.31 Å². The van der Waals surface area contributed by atoms with Crippen molar-refractivity contribution in [3.63, 3.8) is 0 Å². The molecule has 0 bridgehead atoms. The molecule has 1 aliphatic heterocycles. The van der Waals surface area contributed by atoms with E-state index in [-0.39, 0.29) is 11.4 Å². The van der Waals surface area contributed by atoms with Crippen LogP contribution in [-0.2, 0) is 21.2 Å². The number of carbonyl (C=O) groups is 1. The van der Waals surface area contributed by atoms with Crippen molar-refractivity contribution in [2.75, 3.05) is 19.0 Å². The van der Waals surface area contributed by atoms with E-state index in [1.807, 2.05) is 0 Å². The lowest BCUT2D eigenvalue weighted by molar-refractivity contribution is -0.122. The number of amides is 1. The van der Waals surface area contributed by atoms with Gasteiger partial charge in [-0.15, -0.1) is 11.6 Å². The minimum Gasteiger partial charge on any atom is -0.369 e. The molecule has 7 heteroatoms. The zero-order chi connectivity index (χ0) is 15.5. The van der Waals surface area contributed by atoms with Crippen LogP contribution in [-0.4, -0.2) is 37.6 Å². The number of primary amides is 1. The minimum absolute atomic E-state index is 0.168. The molecule has 0 aliphatic carbocycles. The highest BCUT2D eigenvalue weighted by Gasteiger charge is 2.32. The van der Waals surface area contributed by atoms with E-state index in [9.17, 15) is 13.2 Å². The van der Waals surface area contributed by atoms with Crippen LogP contribution in [0.3, 0.4) is 0 Å². The number of carbonyl (C=O) groups excluding carboxylic acids is 1. The fraction of sp³-hybridized carbons (Fsp3) is 0.500. The summed E-state index contributed by atoms with van der Waals surface area (Å²) in [6.07, 6.45) is 2.00. The number of nitrogens with two attached hydrogens (primary N) is 1. The standard InChI is InChI=1S/C14H19ClN2O3S/c15-8-7-11-3-5-13(6-4-11)21(19,20)17-9-1-2-12(10-17)14(16)18/h3-6,12H,1-2,7-10H2,(H2,16,18). The first-order chi connectivity index (χ1) is 9.95. The van der Waals surface area contributed by atoms with Gasteiger partial charge in [-0.05, 0) is 37.0 Å². The molecule has 1 saturated heterocycles. The van der Waals surface area contributed by atoms with Crippen LogP contribution in [0.5, 0.6) is 0 Å². The smallest absolute Gasteiger partial charge is 0.243 e. The van der Waals surface area contributed by atoms with Crippen LogP contribution in [0.1, 0.15) is 18.4 Å². The zero-order valence-corrected chi connectivity index (χ0v) is 13.2. The van der Waals surface area contributed by atoms with Crippen molar-refractivity contribution in [1.29, 1.82) is 0 Å². The average molecular weight is 331 g/mol. The Balaban J connectivity index is 2.18. The summed E-state index contributed by atoms with van der Waals surface area (Å²) in [5, 5.41) is 0. The summed E-state index contributed by atoms with van der Waals surface area (Å²) in [5.41, 5.74) is 6.29. The molecule has 2 N–H and O–H groups in total. The minimum atomic E-state index is -3.57. The third-order valence-corrected chi connectivity index (χ3v) is 5.80. The number of halogens is 1. The molecule has 21 heavy (non-hydrogen) atoms. The molecule has 1 aromatic rings. The predicted octanol–water partition coefficient (Wildman–Crippen LogP) is 1.35. The van der Waals surface area contributed by atoms with Gasteiger partial charge in [0.05, 0.1) is 10.8 Å². The fourth-order valence-corrected chi connectivity index (χ4v) is 4.22. The number of rotatable bonds is 5. The largest absolute Gasteiger partial charge is 0.369 e. The highest BCUT2D eigenvalue weighted by atomic mass is 35.5. The number of piperidine rings is 1. The van der Waals surface area contributed by atoms with Crippen LogP contribution in [0.4, 0.5) is 0 Å². The number of hydrogen-bond acceptors (Lipinski definition) is 3. The molecule has 0 radical (unpaired) electrons. The molecule has 1 unspecified atom stereocenters. The Hall–Kier alpha value is -1.11. The first-order valence-electron chi connectivity index (χ1n) is 6.89. The predicted molar refractivity (Wildman–Crippen MR) is 81.5 cm³/mol. The maximum atomic E-state index is 12.6. The van der Waals surface area contributed by atoms with E-state index in [1.54, 1.807) is 24.3 Å². The molecule has 1 aliphatic rings. The van der Waals surface area contributed by atoms with Crippen molar-refractivity contribution in [2.24, 2.45) is 11.7 Å². The van der Waals surface area contributed by atoms with E-state index in [4.69, 9.17) is 17.3 Å². The molecule has 0 aromatic heterocycles. The third kappa shape index (κ3) is 3.75. The zero-order valence-electron chi connectivity index (χ0n) is 11.7. The molecule has 1 heterocycles. The van der Waals surface area contributed by atoms with Gasteiger partial charge in [-0.2, -0.15) is 4.31 Å².